The van der Waals surface area contributed by atoms with Crippen LogP contribution in [-0.4, -0.2) is 18.5 Å². The van der Waals surface area contributed by atoms with Gasteiger partial charge in [-0.25, -0.2) is 0 Å². The van der Waals surface area contributed by atoms with Crippen LogP contribution >= 0.6 is 0 Å². The maximum Gasteiger partial charge on any atom is 0.161 e. The molecule has 1 atom stereocenters. The third-order valence-electron chi connectivity index (χ3n) is 2.46. The Morgan fingerprint density at radius 2 is 2.15 bits per heavy atom. The van der Waals surface area contributed by atoms with E-state index in [-0.39, 0.29) is 6.10 Å². The van der Waals surface area contributed by atoms with Crippen molar-refractivity contribution in [1.82, 2.24) is 0 Å². The quantitative estimate of drug-likeness (QED) is 0.608. The fourth-order valence-electron chi connectivity index (χ4n) is 1.54. The predicted molar refractivity (Wildman–Crippen MR) is 52.7 cm³/mol. The molecular weight excluding hydrogens is 164 g/mol. The average molecular weight is 184 g/mol. The summed E-state index contributed by atoms with van der Waals surface area (Å²) >= 11 is 0. The van der Waals surface area contributed by atoms with Gasteiger partial charge in [0.2, 0.25) is 0 Å². The molecule has 1 aliphatic rings. The summed E-state index contributed by atoms with van der Waals surface area (Å²) in [7, 11) is 0. The van der Waals surface area contributed by atoms with Gasteiger partial charge in [0, 0.05) is 13.0 Å². The first-order chi connectivity index (χ1) is 6.27. The Kier molecular flexibility index (Phi) is 4.43. The first-order valence-corrected chi connectivity index (χ1v) is 5.42. The Bertz CT molecular complexity index is 155. The molecule has 0 amide bonds. The van der Waals surface area contributed by atoms with Crippen molar-refractivity contribution < 1.29 is 9.53 Å². The number of carbonyl (C=O) groups is 1. The number of carbonyl (C=O) groups excluding carboxylic acids is 1. The molecule has 0 N–H and O–H groups in total. The van der Waals surface area contributed by atoms with Crippen LogP contribution in [-0.2, 0) is 9.53 Å². The summed E-state index contributed by atoms with van der Waals surface area (Å²) in [5.74, 6) is 1.01. The van der Waals surface area contributed by atoms with E-state index in [0.717, 1.165) is 19.3 Å². The van der Waals surface area contributed by atoms with Crippen LogP contribution in [0.25, 0.3) is 0 Å². The molecule has 1 aliphatic carbocycles. The summed E-state index contributed by atoms with van der Waals surface area (Å²) in [6.45, 7) is 4.70. The lowest BCUT2D eigenvalue weighted by atomic mass is 10.1. The van der Waals surface area contributed by atoms with Crippen LogP contribution in [0, 0.1) is 5.92 Å². The molecule has 0 bridgehead atoms. The molecule has 0 aromatic rings. The fraction of sp³-hybridized carbons (Fsp3) is 0.909. The van der Waals surface area contributed by atoms with Crippen molar-refractivity contribution in [2.24, 2.45) is 5.92 Å². The first-order valence-electron chi connectivity index (χ1n) is 5.42. The van der Waals surface area contributed by atoms with Crippen molar-refractivity contribution in [1.29, 1.82) is 0 Å². The van der Waals surface area contributed by atoms with Crippen molar-refractivity contribution in [3.63, 3.8) is 0 Å². The second kappa shape index (κ2) is 5.38. The van der Waals surface area contributed by atoms with Gasteiger partial charge in [-0.1, -0.05) is 13.3 Å². The highest BCUT2D eigenvalue weighted by Crippen LogP contribution is 2.33. The average Bonchev–Trinajstić information content (AvgIpc) is 2.88. The molecule has 0 radical (unpaired) electrons. The number of hydrogen-bond acceptors (Lipinski definition) is 2. The molecule has 1 fully saturated rings. The van der Waals surface area contributed by atoms with Gasteiger partial charge in [-0.2, -0.15) is 0 Å². The minimum Gasteiger partial charge on any atom is -0.371 e. The summed E-state index contributed by atoms with van der Waals surface area (Å²) in [5, 5.41) is 0. The number of hydrogen-bond donors (Lipinski definition) is 0. The van der Waals surface area contributed by atoms with Crippen LogP contribution in [0.2, 0.25) is 0 Å². The van der Waals surface area contributed by atoms with E-state index in [2.05, 4.69) is 6.92 Å². The zero-order valence-electron chi connectivity index (χ0n) is 8.71. The van der Waals surface area contributed by atoms with Crippen molar-refractivity contribution in [2.75, 3.05) is 6.61 Å². The smallest absolute Gasteiger partial charge is 0.161 e. The molecule has 76 valence electrons. The van der Waals surface area contributed by atoms with Gasteiger partial charge < -0.3 is 4.74 Å². The Balaban J connectivity index is 2.27. The van der Waals surface area contributed by atoms with Gasteiger partial charge in [-0.05, 0) is 32.1 Å². The molecular formula is C11H20O2. The largest absolute Gasteiger partial charge is 0.371 e. The van der Waals surface area contributed by atoms with Crippen LogP contribution in [0.4, 0.5) is 0 Å². The van der Waals surface area contributed by atoms with E-state index >= 15 is 0 Å². The number of Topliss-reactive ketones (excluding diaryl/α,β-unsaturated/α-hetero) is 1. The first kappa shape index (κ1) is 10.7. The van der Waals surface area contributed by atoms with Gasteiger partial charge in [-0.15, -0.1) is 0 Å². The monoisotopic (exact) mass is 184 g/mol. The van der Waals surface area contributed by atoms with Crippen LogP contribution < -0.4 is 0 Å². The summed E-state index contributed by atoms with van der Waals surface area (Å²) in [4.78, 5) is 11.6. The van der Waals surface area contributed by atoms with E-state index < -0.39 is 0 Å². The van der Waals surface area contributed by atoms with Gasteiger partial charge in [0.1, 0.15) is 6.10 Å². The fourth-order valence-corrected chi connectivity index (χ4v) is 1.54. The van der Waals surface area contributed by atoms with E-state index in [4.69, 9.17) is 4.74 Å². The molecule has 1 unspecified atom stereocenters. The van der Waals surface area contributed by atoms with Gasteiger partial charge >= 0.3 is 0 Å². The highest BCUT2D eigenvalue weighted by atomic mass is 16.5. The van der Waals surface area contributed by atoms with E-state index in [1.54, 1.807) is 0 Å². The molecule has 0 aromatic carbocycles. The van der Waals surface area contributed by atoms with E-state index in [9.17, 15) is 4.79 Å². The topological polar surface area (TPSA) is 26.3 Å². The van der Waals surface area contributed by atoms with E-state index in [1.807, 2.05) is 6.92 Å². The number of ether oxygens (including phenoxy) is 1. The third-order valence-corrected chi connectivity index (χ3v) is 2.46. The second-order valence-electron chi connectivity index (χ2n) is 3.85. The second-order valence-corrected chi connectivity index (χ2v) is 3.85. The SMILES string of the molecule is CCCC(OCC)C(=O)CC1CC1. The highest BCUT2D eigenvalue weighted by Gasteiger charge is 2.28. The summed E-state index contributed by atoms with van der Waals surface area (Å²) < 4.78 is 5.42. The Labute approximate surface area is 80.7 Å². The van der Waals surface area contributed by atoms with Crippen molar-refractivity contribution >= 4 is 5.78 Å². The Morgan fingerprint density at radius 3 is 2.62 bits per heavy atom. The maximum atomic E-state index is 11.6. The lowest BCUT2D eigenvalue weighted by Gasteiger charge is -2.14. The van der Waals surface area contributed by atoms with E-state index in [1.165, 1.54) is 12.8 Å². The summed E-state index contributed by atoms with van der Waals surface area (Å²) in [6, 6.07) is 0. The Morgan fingerprint density at radius 1 is 1.46 bits per heavy atom. The lowest BCUT2D eigenvalue weighted by molar-refractivity contribution is -0.131. The zero-order chi connectivity index (χ0) is 9.68. The molecule has 0 aliphatic heterocycles. The lowest BCUT2D eigenvalue weighted by Crippen LogP contribution is -2.24. The molecule has 1 rings (SSSR count). The minimum absolute atomic E-state index is 0.115. The van der Waals surface area contributed by atoms with Crippen molar-refractivity contribution in [3.05, 3.63) is 0 Å². The van der Waals surface area contributed by atoms with Crippen LogP contribution in [0.15, 0.2) is 0 Å². The zero-order valence-corrected chi connectivity index (χ0v) is 8.71. The standard InChI is InChI=1S/C11H20O2/c1-3-5-11(13-4-2)10(12)8-9-6-7-9/h9,11H,3-8H2,1-2H3. The highest BCUT2D eigenvalue weighted by molar-refractivity contribution is 5.83. The van der Waals surface area contributed by atoms with Crippen LogP contribution in [0.1, 0.15) is 46.0 Å². The van der Waals surface area contributed by atoms with Crippen LogP contribution in [0.3, 0.4) is 0 Å². The molecule has 2 heteroatoms. The Hall–Kier alpha value is -0.370. The molecule has 13 heavy (non-hydrogen) atoms. The molecule has 0 spiro atoms. The van der Waals surface area contributed by atoms with Gasteiger partial charge in [0.05, 0.1) is 0 Å². The molecule has 1 saturated carbocycles. The minimum atomic E-state index is -0.115. The van der Waals surface area contributed by atoms with Gasteiger partial charge in [-0.3, -0.25) is 4.79 Å². The molecule has 0 aromatic heterocycles. The number of ketones is 1. The van der Waals surface area contributed by atoms with E-state index in [0.29, 0.717) is 18.3 Å². The number of rotatable bonds is 7. The molecule has 2 nitrogen and oxygen atoms in total. The molecule has 0 saturated heterocycles. The van der Waals surface area contributed by atoms with Crippen molar-refractivity contribution in [2.45, 2.75) is 52.1 Å². The summed E-state index contributed by atoms with van der Waals surface area (Å²) in [6.07, 6.45) is 5.05. The predicted octanol–water partition coefficient (Wildman–Crippen LogP) is 2.56. The van der Waals surface area contributed by atoms with Crippen LogP contribution in [0.5, 0.6) is 0 Å². The molecule has 0 heterocycles. The maximum absolute atomic E-state index is 11.6. The summed E-state index contributed by atoms with van der Waals surface area (Å²) in [5.41, 5.74) is 0. The van der Waals surface area contributed by atoms with Gasteiger partial charge in [0.15, 0.2) is 5.78 Å². The normalized spacial score (nSPS) is 18.6. The van der Waals surface area contributed by atoms with Gasteiger partial charge in [0.25, 0.3) is 0 Å². The van der Waals surface area contributed by atoms with Crippen molar-refractivity contribution in [3.8, 4) is 0 Å². The third kappa shape index (κ3) is 3.90.